The van der Waals surface area contributed by atoms with Crippen LogP contribution >= 0.6 is 35.3 Å². The number of aromatic nitrogens is 2. The predicted octanol–water partition coefficient (Wildman–Crippen LogP) is 2.99. The molecule has 6 nitrogen and oxygen atoms in total. The number of carbonyl (C=O) groups excluding carboxylic acids is 2. The minimum absolute atomic E-state index is 0.144. The Bertz CT molecular complexity index is 874. The van der Waals surface area contributed by atoms with E-state index in [0.29, 0.717) is 14.4 Å². The standard InChI is InChI=1S/C16H14N4O2S3/c1-9-3-5-11(6-4-9)7-12-14(22)20(16(23)25-12)8-13(21)17-15-19-18-10(2)24-15/h3-7H,8H2,1-2H3,(H,17,19,21)/b12-7-. The minimum atomic E-state index is -0.357. The summed E-state index contributed by atoms with van der Waals surface area (Å²) in [4.78, 5) is 26.4. The van der Waals surface area contributed by atoms with Gasteiger partial charge in [-0.15, -0.1) is 10.2 Å². The fourth-order valence-electron chi connectivity index (χ4n) is 2.10. The second-order valence-electron chi connectivity index (χ2n) is 5.35. The summed E-state index contributed by atoms with van der Waals surface area (Å²) in [6.07, 6.45) is 1.78. The fraction of sp³-hybridized carbons (Fsp3) is 0.188. The summed E-state index contributed by atoms with van der Waals surface area (Å²) in [5, 5.41) is 11.4. The summed E-state index contributed by atoms with van der Waals surface area (Å²) < 4.78 is 0.368. The largest absolute Gasteiger partial charge is 0.299 e. The molecule has 0 atom stereocenters. The molecular weight excluding hydrogens is 376 g/mol. The molecule has 0 aliphatic carbocycles. The molecule has 0 saturated carbocycles. The molecule has 0 bridgehead atoms. The lowest BCUT2D eigenvalue weighted by atomic mass is 10.1. The van der Waals surface area contributed by atoms with Crippen LogP contribution in [0.15, 0.2) is 29.2 Å². The molecule has 2 amide bonds. The van der Waals surface area contributed by atoms with Gasteiger partial charge in [0.15, 0.2) is 0 Å². The molecule has 9 heteroatoms. The second kappa shape index (κ2) is 7.42. The first kappa shape index (κ1) is 17.7. The summed E-state index contributed by atoms with van der Waals surface area (Å²) in [5.41, 5.74) is 2.06. The van der Waals surface area contributed by atoms with E-state index in [-0.39, 0.29) is 18.4 Å². The third kappa shape index (κ3) is 4.30. The molecule has 128 valence electrons. The molecule has 0 spiro atoms. The Kier molecular flexibility index (Phi) is 5.26. The van der Waals surface area contributed by atoms with Crippen molar-refractivity contribution in [2.75, 3.05) is 11.9 Å². The summed E-state index contributed by atoms with van der Waals surface area (Å²) in [7, 11) is 0. The number of rotatable bonds is 4. The zero-order valence-corrected chi connectivity index (χ0v) is 15.9. The smallest absolute Gasteiger partial charge is 0.266 e. The van der Waals surface area contributed by atoms with Gasteiger partial charge < -0.3 is 0 Å². The number of carbonyl (C=O) groups is 2. The van der Waals surface area contributed by atoms with Crippen molar-refractivity contribution in [3.63, 3.8) is 0 Å². The lowest BCUT2D eigenvalue weighted by Gasteiger charge is -2.13. The summed E-state index contributed by atoms with van der Waals surface area (Å²) in [6.45, 7) is 3.65. The van der Waals surface area contributed by atoms with Crippen molar-refractivity contribution in [2.45, 2.75) is 13.8 Å². The van der Waals surface area contributed by atoms with Crippen LogP contribution in [0, 0.1) is 13.8 Å². The molecule has 1 aliphatic rings. The Morgan fingerprint density at radius 1 is 1.28 bits per heavy atom. The zero-order chi connectivity index (χ0) is 18.0. The molecule has 0 unspecified atom stereocenters. The Labute approximate surface area is 158 Å². The normalized spacial score (nSPS) is 15.9. The average Bonchev–Trinajstić information content (AvgIpc) is 3.08. The lowest BCUT2D eigenvalue weighted by Crippen LogP contribution is -2.36. The quantitative estimate of drug-likeness (QED) is 0.639. The molecule has 1 N–H and O–H groups in total. The van der Waals surface area contributed by atoms with Gasteiger partial charge in [-0.05, 0) is 25.5 Å². The third-order valence-electron chi connectivity index (χ3n) is 3.32. The van der Waals surface area contributed by atoms with E-state index in [1.165, 1.54) is 28.0 Å². The Balaban J connectivity index is 1.68. The van der Waals surface area contributed by atoms with Crippen LogP contribution in [0.3, 0.4) is 0 Å². The molecule has 1 fully saturated rings. The van der Waals surface area contributed by atoms with Gasteiger partial charge >= 0.3 is 0 Å². The van der Waals surface area contributed by atoms with Crippen LogP contribution in [0.25, 0.3) is 6.08 Å². The van der Waals surface area contributed by atoms with Gasteiger partial charge in [0.2, 0.25) is 11.0 Å². The lowest BCUT2D eigenvalue weighted by molar-refractivity contribution is -0.126. The highest BCUT2D eigenvalue weighted by Gasteiger charge is 2.33. The van der Waals surface area contributed by atoms with Gasteiger partial charge in [-0.1, -0.05) is 65.1 Å². The van der Waals surface area contributed by atoms with Gasteiger partial charge in [0.1, 0.15) is 15.9 Å². The van der Waals surface area contributed by atoms with Gasteiger partial charge in [-0.3, -0.25) is 19.8 Å². The van der Waals surface area contributed by atoms with Crippen LogP contribution in [0.4, 0.5) is 5.13 Å². The molecule has 1 aromatic carbocycles. The van der Waals surface area contributed by atoms with Crippen molar-refractivity contribution in [1.82, 2.24) is 15.1 Å². The number of thioether (sulfide) groups is 1. The van der Waals surface area contributed by atoms with Crippen molar-refractivity contribution in [2.24, 2.45) is 0 Å². The Hall–Kier alpha value is -2.10. The molecule has 3 rings (SSSR count). The second-order valence-corrected chi connectivity index (χ2v) is 8.21. The number of hydrogen-bond acceptors (Lipinski definition) is 7. The van der Waals surface area contributed by atoms with Crippen molar-refractivity contribution in [3.8, 4) is 0 Å². The fourth-order valence-corrected chi connectivity index (χ4v) is 3.96. The molecular formula is C16H14N4O2S3. The van der Waals surface area contributed by atoms with E-state index in [9.17, 15) is 9.59 Å². The van der Waals surface area contributed by atoms with E-state index in [1.807, 2.05) is 31.2 Å². The highest BCUT2D eigenvalue weighted by Crippen LogP contribution is 2.32. The maximum absolute atomic E-state index is 12.5. The maximum Gasteiger partial charge on any atom is 0.266 e. The van der Waals surface area contributed by atoms with Gasteiger partial charge in [0.05, 0.1) is 4.91 Å². The molecule has 0 radical (unpaired) electrons. The SMILES string of the molecule is Cc1ccc(/C=C2\SC(=S)N(CC(=O)Nc3nnc(C)s3)C2=O)cc1. The predicted molar refractivity (Wildman–Crippen MR) is 104 cm³/mol. The summed E-state index contributed by atoms with van der Waals surface area (Å²) >= 11 is 7.71. The Morgan fingerprint density at radius 3 is 2.64 bits per heavy atom. The first-order valence-electron chi connectivity index (χ1n) is 7.34. The number of anilines is 1. The van der Waals surface area contributed by atoms with Crippen molar-refractivity contribution in [1.29, 1.82) is 0 Å². The van der Waals surface area contributed by atoms with Crippen LogP contribution in [0.1, 0.15) is 16.1 Å². The van der Waals surface area contributed by atoms with Gasteiger partial charge in [-0.25, -0.2) is 0 Å². The van der Waals surface area contributed by atoms with E-state index in [1.54, 1.807) is 13.0 Å². The summed E-state index contributed by atoms with van der Waals surface area (Å²) in [5.74, 6) is -0.622. The van der Waals surface area contributed by atoms with E-state index in [2.05, 4.69) is 15.5 Å². The van der Waals surface area contributed by atoms with Crippen LogP contribution in [-0.4, -0.2) is 37.8 Å². The number of aryl methyl sites for hydroxylation is 2. The zero-order valence-electron chi connectivity index (χ0n) is 13.5. The van der Waals surface area contributed by atoms with E-state index in [4.69, 9.17) is 12.2 Å². The highest BCUT2D eigenvalue weighted by molar-refractivity contribution is 8.26. The number of hydrogen-bond donors (Lipinski definition) is 1. The van der Waals surface area contributed by atoms with Crippen molar-refractivity contribution in [3.05, 3.63) is 45.3 Å². The topological polar surface area (TPSA) is 75.2 Å². The van der Waals surface area contributed by atoms with Crippen LogP contribution in [0.5, 0.6) is 0 Å². The van der Waals surface area contributed by atoms with Crippen LogP contribution in [0.2, 0.25) is 0 Å². The first-order chi connectivity index (χ1) is 11.9. The Morgan fingerprint density at radius 2 is 2.00 bits per heavy atom. The highest BCUT2D eigenvalue weighted by atomic mass is 32.2. The number of amides is 2. The monoisotopic (exact) mass is 390 g/mol. The number of thiocarbonyl (C=S) groups is 1. The molecule has 1 saturated heterocycles. The van der Waals surface area contributed by atoms with E-state index >= 15 is 0 Å². The minimum Gasteiger partial charge on any atom is -0.299 e. The van der Waals surface area contributed by atoms with Gasteiger partial charge in [0, 0.05) is 0 Å². The van der Waals surface area contributed by atoms with E-state index in [0.717, 1.165) is 16.1 Å². The molecule has 1 aromatic heterocycles. The van der Waals surface area contributed by atoms with Crippen LogP contribution in [-0.2, 0) is 9.59 Å². The van der Waals surface area contributed by atoms with E-state index < -0.39 is 0 Å². The number of nitrogens with zero attached hydrogens (tertiary/aromatic N) is 3. The number of nitrogens with one attached hydrogen (secondary N) is 1. The van der Waals surface area contributed by atoms with Gasteiger partial charge in [-0.2, -0.15) is 0 Å². The average molecular weight is 391 g/mol. The molecule has 1 aliphatic heterocycles. The molecule has 2 heterocycles. The van der Waals surface area contributed by atoms with Crippen molar-refractivity contribution >= 4 is 62.7 Å². The maximum atomic E-state index is 12.5. The molecule has 25 heavy (non-hydrogen) atoms. The first-order valence-corrected chi connectivity index (χ1v) is 9.38. The number of benzene rings is 1. The summed E-state index contributed by atoms with van der Waals surface area (Å²) in [6, 6.07) is 7.83. The third-order valence-corrected chi connectivity index (χ3v) is 5.45. The van der Waals surface area contributed by atoms with Crippen molar-refractivity contribution < 1.29 is 9.59 Å². The van der Waals surface area contributed by atoms with Crippen LogP contribution < -0.4 is 5.32 Å². The van der Waals surface area contributed by atoms with Gasteiger partial charge in [0.25, 0.3) is 5.91 Å². The molecule has 2 aromatic rings.